The van der Waals surface area contributed by atoms with Gasteiger partial charge in [0.05, 0.1) is 19.9 Å². The van der Waals surface area contributed by atoms with Crippen LogP contribution in [0.25, 0.3) is 11.4 Å². The Morgan fingerprint density at radius 3 is 2.64 bits per heavy atom. The quantitative estimate of drug-likeness (QED) is 0.523. The van der Waals surface area contributed by atoms with E-state index in [-0.39, 0.29) is 18.1 Å². The van der Waals surface area contributed by atoms with Gasteiger partial charge in [0, 0.05) is 5.56 Å². The number of hydrogen-bond donors (Lipinski definition) is 0. The minimum Gasteiger partial charge on any atom is -0.493 e. The maximum absolute atomic E-state index is 13.6. The lowest BCUT2D eigenvalue weighted by Crippen LogP contribution is -2.39. The molecule has 3 aromatic rings. The molecule has 0 aliphatic carbocycles. The number of carbonyl (C=O) groups excluding carboxylic acids is 2. The Labute approximate surface area is 186 Å². The van der Waals surface area contributed by atoms with Gasteiger partial charge in [-0.05, 0) is 36.4 Å². The molecule has 1 fully saturated rings. The molecular formula is C21H17FN6O5. The summed E-state index contributed by atoms with van der Waals surface area (Å²) < 4.78 is 29.4. The Hall–Kier alpha value is -4.35. The molecule has 0 unspecified atom stereocenters. The smallest absolute Gasteiger partial charge is 0.263 e. The number of benzene rings is 2. The number of imide groups is 1. The van der Waals surface area contributed by atoms with Gasteiger partial charge in [0.1, 0.15) is 12.4 Å². The van der Waals surface area contributed by atoms with Crippen LogP contribution in [0, 0.1) is 5.82 Å². The average molecular weight is 452 g/mol. The topological polar surface area (TPSA) is 123 Å². The highest BCUT2D eigenvalue weighted by Crippen LogP contribution is 2.34. The van der Waals surface area contributed by atoms with Crippen LogP contribution in [0.2, 0.25) is 0 Å². The fraction of sp³-hybridized carbons (Fsp3) is 0.238. The maximum atomic E-state index is 13.6. The first kappa shape index (κ1) is 20.5. The van der Waals surface area contributed by atoms with E-state index in [1.165, 1.54) is 37.4 Å². The second kappa shape index (κ2) is 7.97. The van der Waals surface area contributed by atoms with Crippen molar-refractivity contribution >= 4 is 17.5 Å². The van der Waals surface area contributed by atoms with E-state index in [1.807, 2.05) is 0 Å². The molecule has 2 aliphatic heterocycles. The zero-order valence-electron chi connectivity index (χ0n) is 17.5. The molecule has 1 aromatic heterocycles. The number of anilines is 1. The first-order valence-corrected chi connectivity index (χ1v) is 9.86. The second-order valence-corrected chi connectivity index (χ2v) is 7.27. The van der Waals surface area contributed by atoms with Gasteiger partial charge >= 0.3 is 0 Å². The van der Waals surface area contributed by atoms with Crippen molar-refractivity contribution in [2.24, 2.45) is 10.3 Å². The molecule has 11 nitrogen and oxygen atoms in total. The number of ether oxygens (including phenoxy) is 2. The summed E-state index contributed by atoms with van der Waals surface area (Å²) in [6, 6.07) is 8.42. The number of halogens is 1. The summed E-state index contributed by atoms with van der Waals surface area (Å²) >= 11 is 0. The number of methoxy groups -OCH3 is 2. The van der Waals surface area contributed by atoms with Crippen LogP contribution >= 0.6 is 0 Å². The predicted molar refractivity (Wildman–Crippen MR) is 110 cm³/mol. The Morgan fingerprint density at radius 1 is 1.06 bits per heavy atom. The van der Waals surface area contributed by atoms with Gasteiger partial charge < -0.3 is 14.0 Å². The number of rotatable bonds is 6. The van der Waals surface area contributed by atoms with Gasteiger partial charge in [-0.2, -0.15) is 10.1 Å². The number of amides is 2. The van der Waals surface area contributed by atoms with Gasteiger partial charge in [0.2, 0.25) is 11.7 Å². The summed E-state index contributed by atoms with van der Waals surface area (Å²) in [6.45, 7) is -0.0407. The Morgan fingerprint density at radius 2 is 1.88 bits per heavy atom. The molecule has 0 radical (unpaired) electrons. The molecule has 2 aromatic carbocycles. The van der Waals surface area contributed by atoms with Crippen molar-refractivity contribution in [3.8, 4) is 22.9 Å². The lowest BCUT2D eigenvalue weighted by Gasteiger charge is -2.19. The molecule has 1 saturated heterocycles. The highest BCUT2D eigenvalue weighted by molar-refractivity contribution is 6.25. The van der Waals surface area contributed by atoms with E-state index in [1.54, 1.807) is 18.2 Å². The summed E-state index contributed by atoms with van der Waals surface area (Å²) in [5.74, 6) is -0.153. The summed E-state index contributed by atoms with van der Waals surface area (Å²) in [7, 11) is 3.05. The SMILES string of the molecule is COc1ccc(-c2noc(CN3N=N[C@H]4C(=O)N(c5cccc(F)c5)C(=O)[C@H]43)n2)cc1OC. The first-order valence-electron chi connectivity index (χ1n) is 9.86. The zero-order valence-corrected chi connectivity index (χ0v) is 17.5. The Balaban J connectivity index is 1.35. The monoisotopic (exact) mass is 452 g/mol. The summed E-state index contributed by atoms with van der Waals surface area (Å²) in [4.78, 5) is 31.0. The predicted octanol–water partition coefficient (Wildman–Crippen LogP) is 2.39. The largest absolute Gasteiger partial charge is 0.493 e. The van der Waals surface area contributed by atoms with Crippen LogP contribution < -0.4 is 14.4 Å². The van der Waals surface area contributed by atoms with Crippen LogP contribution in [0.15, 0.2) is 57.3 Å². The third kappa shape index (κ3) is 3.45. The highest BCUT2D eigenvalue weighted by Gasteiger charge is 2.55. The van der Waals surface area contributed by atoms with E-state index in [0.29, 0.717) is 22.9 Å². The Kier molecular flexibility index (Phi) is 4.96. The minimum absolute atomic E-state index is 0.0407. The molecule has 2 aliphatic rings. The van der Waals surface area contributed by atoms with Crippen LogP contribution in [-0.2, 0) is 16.1 Å². The normalized spacial score (nSPS) is 19.4. The van der Waals surface area contributed by atoms with Crippen molar-refractivity contribution in [1.29, 1.82) is 0 Å². The van der Waals surface area contributed by atoms with Crippen molar-refractivity contribution in [1.82, 2.24) is 15.1 Å². The highest BCUT2D eigenvalue weighted by atomic mass is 19.1. The van der Waals surface area contributed by atoms with Crippen LogP contribution in [0.5, 0.6) is 11.5 Å². The van der Waals surface area contributed by atoms with Crippen molar-refractivity contribution in [3.05, 3.63) is 54.2 Å². The van der Waals surface area contributed by atoms with E-state index in [4.69, 9.17) is 14.0 Å². The number of hydrogen-bond acceptors (Lipinski definition) is 10. The number of aromatic nitrogens is 2. The Bertz CT molecular complexity index is 1280. The van der Waals surface area contributed by atoms with Crippen LogP contribution in [0.1, 0.15) is 5.89 Å². The third-order valence-electron chi connectivity index (χ3n) is 5.33. The summed E-state index contributed by atoms with van der Waals surface area (Å²) in [5, 5.41) is 13.2. The van der Waals surface area contributed by atoms with Crippen molar-refractivity contribution in [2.75, 3.05) is 19.1 Å². The van der Waals surface area contributed by atoms with Gasteiger partial charge in [-0.1, -0.05) is 16.4 Å². The van der Waals surface area contributed by atoms with E-state index in [9.17, 15) is 14.0 Å². The molecule has 0 bridgehead atoms. The number of fused-ring (bicyclic) bond motifs is 1. The molecule has 168 valence electrons. The molecule has 0 saturated carbocycles. The molecule has 33 heavy (non-hydrogen) atoms. The zero-order chi connectivity index (χ0) is 23.1. The van der Waals surface area contributed by atoms with E-state index in [2.05, 4.69) is 20.5 Å². The molecule has 5 rings (SSSR count). The van der Waals surface area contributed by atoms with Crippen molar-refractivity contribution in [2.45, 2.75) is 18.6 Å². The lowest BCUT2D eigenvalue weighted by molar-refractivity contribution is -0.123. The molecular weight excluding hydrogens is 435 g/mol. The van der Waals surface area contributed by atoms with Crippen molar-refractivity contribution in [3.63, 3.8) is 0 Å². The van der Waals surface area contributed by atoms with Crippen LogP contribution in [0.3, 0.4) is 0 Å². The summed E-state index contributed by atoms with van der Waals surface area (Å²) in [6.07, 6.45) is 0. The van der Waals surface area contributed by atoms with Gasteiger partial charge in [-0.3, -0.25) is 14.6 Å². The molecule has 2 amide bonds. The average Bonchev–Trinajstić information content (AvgIpc) is 3.51. The van der Waals surface area contributed by atoms with Gasteiger partial charge in [-0.15, -0.1) is 0 Å². The summed E-state index contributed by atoms with van der Waals surface area (Å²) in [5.41, 5.74) is 0.774. The molecule has 12 heteroatoms. The lowest BCUT2D eigenvalue weighted by atomic mass is 10.1. The van der Waals surface area contributed by atoms with E-state index >= 15 is 0 Å². The molecule has 0 spiro atoms. The van der Waals surface area contributed by atoms with Gasteiger partial charge in [0.15, 0.2) is 23.6 Å². The molecule has 0 N–H and O–H groups in total. The van der Waals surface area contributed by atoms with E-state index in [0.717, 1.165) is 11.0 Å². The molecule has 3 heterocycles. The van der Waals surface area contributed by atoms with E-state index < -0.39 is 29.7 Å². The fourth-order valence-electron chi connectivity index (χ4n) is 3.77. The number of nitrogens with zero attached hydrogens (tertiary/aromatic N) is 6. The first-order chi connectivity index (χ1) is 16.0. The molecule has 2 atom stereocenters. The van der Waals surface area contributed by atoms with Crippen molar-refractivity contribution < 1.29 is 28.0 Å². The van der Waals surface area contributed by atoms with Crippen LogP contribution in [0.4, 0.5) is 10.1 Å². The number of carbonyl (C=O) groups is 2. The second-order valence-electron chi connectivity index (χ2n) is 7.27. The standard InChI is InChI=1S/C21H17FN6O5/c1-31-14-7-6-11(8-15(14)32-2)19-23-16(33-25-19)10-27-18-17(24-26-27)20(29)28(21(18)30)13-5-3-4-12(22)9-13/h3-9,17-18H,10H2,1-2H3/t17-,18+/m1/s1. The van der Waals surface area contributed by atoms with Crippen LogP contribution in [-0.4, -0.2) is 53.3 Å². The van der Waals surface area contributed by atoms with Gasteiger partial charge in [-0.25, -0.2) is 9.29 Å². The third-order valence-corrected chi connectivity index (χ3v) is 5.33. The van der Waals surface area contributed by atoms with Gasteiger partial charge in [0.25, 0.3) is 11.8 Å². The minimum atomic E-state index is -1.02. The maximum Gasteiger partial charge on any atom is 0.263 e. The fourth-order valence-corrected chi connectivity index (χ4v) is 3.77.